The fraction of sp³-hybridized carbons (Fsp3) is 0.312. The number of rotatable bonds is 5. The molecule has 0 radical (unpaired) electrons. The predicted molar refractivity (Wildman–Crippen MR) is 84.9 cm³/mol. The Morgan fingerprint density at radius 1 is 1.25 bits per heavy atom. The van der Waals surface area contributed by atoms with Crippen molar-refractivity contribution in [2.45, 2.75) is 30.4 Å². The van der Waals surface area contributed by atoms with Crippen molar-refractivity contribution >= 4 is 28.5 Å². The summed E-state index contributed by atoms with van der Waals surface area (Å²) in [6, 6.07) is 13.5. The van der Waals surface area contributed by atoms with E-state index in [0.29, 0.717) is 0 Å². The molecular weight excluding hydrogens is 270 g/mol. The molecule has 0 saturated carbocycles. The fourth-order valence-electron chi connectivity index (χ4n) is 2.07. The topological polar surface area (TPSA) is 63.3 Å². The Morgan fingerprint density at radius 3 is 2.60 bits per heavy atom. The van der Waals surface area contributed by atoms with Crippen LogP contribution in [0.2, 0.25) is 0 Å². The van der Waals surface area contributed by atoms with Crippen molar-refractivity contribution in [1.82, 2.24) is 0 Å². The van der Waals surface area contributed by atoms with Gasteiger partial charge >= 0.3 is 5.97 Å². The summed E-state index contributed by atoms with van der Waals surface area (Å²) in [6.07, 6.45) is 0. The molecule has 0 aliphatic heterocycles. The Kier molecular flexibility index (Phi) is 4.35. The highest BCUT2D eigenvalue weighted by atomic mass is 32.2. The third-order valence-electron chi connectivity index (χ3n) is 3.49. The van der Waals surface area contributed by atoms with E-state index < -0.39 is 16.8 Å². The van der Waals surface area contributed by atoms with Gasteiger partial charge in [0.2, 0.25) is 0 Å². The van der Waals surface area contributed by atoms with Crippen molar-refractivity contribution in [1.29, 1.82) is 0 Å². The first-order valence-electron chi connectivity index (χ1n) is 6.51. The molecule has 2 aromatic carbocycles. The SMILES string of the molecule is CC(C)(SCc1cccc2ccccc12)[C@H](N)C(=O)O. The van der Waals surface area contributed by atoms with Gasteiger partial charge < -0.3 is 10.8 Å². The van der Waals surface area contributed by atoms with Crippen LogP contribution in [0.25, 0.3) is 10.8 Å². The molecule has 0 fully saturated rings. The Labute approximate surface area is 123 Å². The molecule has 0 aliphatic carbocycles. The highest BCUT2D eigenvalue weighted by Gasteiger charge is 2.32. The molecule has 2 rings (SSSR count). The van der Waals surface area contributed by atoms with E-state index in [1.54, 1.807) is 11.8 Å². The first-order valence-corrected chi connectivity index (χ1v) is 7.49. The van der Waals surface area contributed by atoms with E-state index in [-0.39, 0.29) is 0 Å². The number of hydrogen-bond donors (Lipinski definition) is 2. The van der Waals surface area contributed by atoms with Crippen LogP contribution in [0.4, 0.5) is 0 Å². The first-order chi connectivity index (χ1) is 9.42. The summed E-state index contributed by atoms with van der Waals surface area (Å²) >= 11 is 1.58. The van der Waals surface area contributed by atoms with Gasteiger partial charge in [-0.1, -0.05) is 42.5 Å². The van der Waals surface area contributed by atoms with E-state index in [2.05, 4.69) is 24.3 Å². The average Bonchev–Trinajstić information content (AvgIpc) is 2.44. The van der Waals surface area contributed by atoms with Gasteiger partial charge in [0.1, 0.15) is 6.04 Å². The number of aliphatic carboxylic acids is 1. The lowest BCUT2D eigenvalue weighted by Gasteiger charge is -2.28. The Balaban J connectivity index is 2.19. The van der Waals surface area contributed by atoms with Crippen LogP contribution in [-0.4, -0.2) is 21.9 Å². The lowest BCUT2D eigenvalue weighted by atomic mass is 10.0. The van der Waals surface area contributed by atoms with E-state index in [1.807, 2.05) is 32.0 Å². The fourth-order valence-corrected chi connectivity index (χ4v) is 3.13. The van der Waals surface area contributed by atoms with Crippen LogP contribution in [0.3, 0.4) is 0 Å². The zero-order valence-electron chi connectivity index (χ0n) is 11.7. The standard InChI is InChI=1S/C16H19NO2S/c1-16(2,14(17)15(18)19)20-10-12-8-5-7-11-6-3-4-9-13(11)12/h3-9,14H,10,17H2,1-2H3,(H,18,19)/t14-/m1/s1. The number of carbonyl (C=O) groups is 1. The van der Waals surface area contributed by atoms with Crippen molar-refractivity contribution in [3.8, 4) is 0 Å². The minimum absolute atomic E-state index is 0.511. The van der Waals surface area contributed by atoms with Crippen molar-refractivity contribution in [2.75, 3.05) is 0 Å². The quantitative estimate of drug-likeness (QED) is 0.886. The maximum atomic E-state index is 11.0. The highest BCUT2D eigenvalue weighted by Crippen LogP contribution is 2.32. The van der Waals surface area contributed by atoms with Gasteiger partial charge in [-0.3, -0.25) is 4.79 Å². The van der Waals surface area contributed by atoms with E-state index >= 15 is 0 Å². The number of carboxylic acid groups (broad SMARTS) is 1. The van der Waals surface area contributed by atoms with Gasteiger partial charge in [-0.25, -0.2) is 0 Å². The van der Waals surface area contributed by atoms with Crippen LogP contribution in [-0.2, 0) is 10.5 Å². The van der Waals surface area contributed by atoms with Crippen LogP contribution in [0.1, 0.15) is 19.4 Å². The minimum Gasteiger partial charge on any atom is -0.480 e. The van der Waals surface area contributed by atoms with Gasteiger partial charge in [0.25, 0.3) is 0 Å². The molecule has 4 heteroatoms. The lowest BCUT2D eigenvalue weighted by Crippen LogP contribution is -2.46. The molecule has 0 spiro atoms. The summed E-state index contributed by atoms with van der Waals surface area (Å²) in [7, 11) is 0. The summed E-state index contributed by atoms with van der Waals surface area (Å²) in [4.78, 5) is 11.0. The lowest BCUT2D eigenvalue weighted by molar-refractivity contribution is -0.139. The van der Waals surface area contributed by atoms with Crippen molar-refractivity contribution in [3.05, 3.63) is 48.0 Å². The number of carboxylic acids is 1. The summed E-state index contributed by atoms with van der Waals surface area (Å²) in [5, 5.41) is 11.5. The van der Waals surface area contributed by atoms with Crippen molar-refractivity contribution in [3.63, 3.8) is 0 Å². The monoisotopic (exact) mass is 289 g/mol. The molecule has 0 unspecified atom stereocenters. The molecule has 20 heavy (non-hydrogen) atoms. The number of thioether (sulfide) groups is 1. The van der Waals surface area contributed by atoms with Crippen LogP contribution in [0.15, 0.2) is 42.5 Å². The summed E-state index contributed by atoms with van der Waals surface area (Å²) in [6.45, 7) is 3.75. The normalized spacial score (nSPS) is 13.3. The smallest absolute Gasteiger partial charge is 0.321 e. The number of hydrogen-bond acceptors (Lipinski definition) is 3. The third kappa shape index (κ3) is 3.14. The zero-order chi connectivity index (χ0) is 14.8. The van der Waals surface area contributed by atoms with Crippen LogP contribution >= 0.6 is 11.8 Å². The molecule has 1 atom stereocenters. The number of nitrogens with two attached hydrogens (primary N) is 1. The van der Waals surface area contributed by atoms with E-state index in [0.717, 1.165) is 5.75 Å². The van der Waals surface area contributed by atoms with Gasteiger partial charge in [0, 0.05) is 10.5 Å². The van der Waals surface area contributed by atoms with Gasteiger partial charge in [0.05, 0.1) is 0 Å². The third-order valence-corrected chi connectivity index (χ3v) is 4.95. The molecule has 0 aromatic heterocycles. The maximum Gasteiger partial charge on any atom is 0.321 e. The molecule has 0 amide bonds. The largest absolute Gasteiger partial charge is 0.480 e. The Morgan fingerprint density at radius 2 is 1.90 bits per heavy atom. The van der Waals surface area contributed by atoms with Crippen molar-refractivity contribution in [2.24, 2.45) is 5.73 Å². The molecule has 0 bridgehead atoms. The molecule has 2 aromatic rings. The summed E-state index contributed by atoms with van der Waals surface area (Å²) < 4.78 is -0.511. The summed E-state index contributed by atoms with van der Waals surface area (Å²) in [5.74, 6) is -0.213. The molecule has 3 N–H and O–H groups in total. The van der Waals surface area contributed by atoms with Crippen LogP contribution in [0, 0.1) is 0 Å². The van der Waals surface area contributed by atoms with Gasteiger partial charge in [-0.15, -0.1) is 11.8 Å². The molecule has 106 valence electrons. The maximum absolute atomic E-state index is 11.0. The van der Waals surface area contributed by atoms with E-state index in [9.17, 15) is 4.79 Å². The van der Waals surface area contributed by atoms with E-state index in [4.69, 9.17) is 10.8 Å². The second-order valence-corrected chi connectivity index (χ2v) is 6.98. The van der Waals surface area contributed by atoms with Gasteiger partial charge in [0.15, 0.2) is 0 Å². The second kappa shape index (κ2) is 5.85. The molecule has 3 nitrogen and oxygen atoms in total. The number of benzene rings is 2. The average molecular weight is 289 g/mol. The van der Waals surface area contributed by atoms with Crippen LogP contribution < -0.4 is 5.73 Å². The predicted octanol–water partition coefficient (Wildman–Crippen LogP) is 3.26. The molecule has 0 heterocycles. The first kappa shape index (κ1) is 14.9. The molecule has 0 saturated heterocycles. The van der Waals surface area contributed by atoms with Crippen LogP contribution in [0.5, 0.6) is 0 Å². The highest BCUT2D eigenvalue weighted by molar-refractivity contribution is 7.99. The zero-order valence-corrected chi connectivity index (χ0v) is 12.5. The van der Waals surface area contributed by atoms with Gasteiger partial charge in [-0.2, -0.15) is 0 Å². The summed E-state index contributed by atoms with van der Waals surface area (Å²) in [5.41, 5.74) is 6.96. The minimum atomic E-state index is -0.958. The molecule has 0 aliphatic rings. The Hall–Kier alpha value is -1.52. The second-order valence-electron chi connectivity index (χ2n) is 5.35. The van der Waals surface area contributed by atoms with Crippen molar-refractivity contribution < 1.29 is 9.90 Å². The van der Waals surface area contributed by atoms with E-state index in [1.165, 1.54) is 16.3 Å². The molecular formula is C16H19NO2S. The number of fused-ring (bicyclic) bond motifs is 1. The Bertz CT molecular complexity index is 619. The van der Waals surface area contributed by atoms with Gasteiger partial charge in [-0.05, 0) is 30.2 Å².